The molecule has 32 heavy (non-hydrogen) atoms. The van der Waals surface area contributed by atoms with Gasteiger partial charge < -0.3 is 14.8 Å². The third-order valence-corrected chi connectivity index (χ3v) is 7.63. The minimum absolute atomic E-state index is 0.0711. The number of benzene rings is 2. The summed E-state index contributed by atoms with van der Waals surface area (Å²) in [5.41, 5.74) is 1.94. The second kappa shape index (κ2) is 8.31. The molecule has 2 heterocycles. The van der Waals surface area contributed by atoms with Crippen LogP contribution in [0.5, 0.6) is 11.5 Å². The van der Waals surface area contributed by atoms with E-state index in [0.717, 1.165) is 36.0 Å². The van der Waals surface area contributed by atoms with Gasteiger partial charge in [0.15, 0.2) is 6.10 Å². The predicted molar refractivity (Wildman–Crippen MR) is 124 cm³/mol. The zero-order valence-electron chi connectivity index (χ0n) is 18.9. The van der Waals surface area contributed by atoms with Gasteiger partial charge in [-0.15, -0.1) is 0 Å². The first-order chi connectivity index (χ1) is 15.2. The Bertz CT molecular complexity index is 1130. The first-order valence-electron chi connectivity index (χ1n) is 11.0. The third-order valence-electron chi connectivity index (χ3n) is 6.48. The maximum atomic E-state index is 13.3. The van der Waals surface area contributed by atoms with Gasteiger partial charge in [0.05, 0.1) is 24.5 Å². The van der Waals surface area contributed by atoms with E-state index in [0.29, 0.717) is 17.9 Å². The van der Waals surface area contributed by atoms with E-state index in [-0.39, 0.29) is 24.1 Å². The first-order valence-corrected chi connectivity index (χ1v) is 12.8. The largest absolute Gasteiger partial charge is 0.487 e. The molecule has 2 atom stereocenters. The maximum Gasteiger partial charge on any atom is 0.263 e. The number of carbonyl (C=O) groups excluding carboxylic acids is 1. The lowest BCUT2D eigenvalue weighted by atomic mass is 9.83. The summed E-state index contributed by atoms with van der Waals surface area (Å²) in [7, 11) is -3.57. The SMILES string of the molecule is CCC1(CC)C[C@H](NC(=O)[C@@H]2CN(S(C)(=O)=O)c3ccc(C)cc3O2)c2ccccc2O1. The molecule has 1 N–H and O–H groups in total. The summed E-state index contributed by atoms with van der Waals surface area (Å²) in [5, 5.41) is 3.12. The second-order valence-corrected chi connectivity index (χ2v) is 10.6. The normalized spacial score (nSPS) is 21.6. The van der Waals surface area contributed by atoms with Crippen molar-refractivity contribution in [2.75, 3.05) is 17.1 Å². The van der Waals surface area contributed by atoms with Crippen LogP contribution in [-0.4, -0.2) is 38.8 Å². The average Bonchev–Trinajstić information content (AvgIpc) is 2.77. The number of amides is 1. The Hall–Kier alpha value is -2.74. The molecular formula is C24H30N2O5S. The minimum atomic E-state index is -3.57. The molecule has 0 fully saturated rings. The molecule has 0 saturated heterocycles. The molecule has 0 saturated carbocycles. The number of rotatable bonds is 5. The number of nitrogens with zero attached hydrogens (tertiary/aromatic N) is 1. The predicted octanol–water partition coefficient (Wildman–Crippen LogP) is 3.72. The highest BCUT2D eigenvalue weighted by molar-refractivity contribution is 7.92. The lowest BCUT2D eigenvalue weighted by Gasteiger charge is -2.42. The van der Waals surface area contributed by atoms with E-state index in [1.807, 2.05) is 37.3 Å². The number of carbonyl (C=O) groups is 1. The number of anilines is 1. The van der Waals surface area contributed by atoms with E-state index in [1.165, 1.54) is 4.31 Å². The van der Waals surface area contributed by atoms with Gasteiger partial charge in [-0.05, 0) is 43.5 Å². The van der Waals surface area contributed by atoms with Gasteiger partial charge in [0.2, 0.25) is 10.0 Å². The summed E-state index contributed by atoms with van der Waals surface area (Å²) in [6, 6.07) is 12.8. The van der Waals surface area contributed by atoms with Gasteiger partial charge in [0.25, 0.3) is 5.91 Å². The fourth-order valence-corrected chi connectivity index (χ4v) is 5.42. The molecule has 0 aromatic heterocycles. The molecule has 0 spiro atoms. The van der Waals surface area contributed by atoms with Crippen LogP contribution in [-0.2, 0) is 14.8 Å². The van der Waals surface area contributed by atoms with Crippen LogP contribution in [0.15, 0.2) is 42.5 Å². The molecule has 2 aromatic carbocycles. The van der Waals surface area contributed by atoms with Crippen molar-refractivity contribution < 1.29 is 22.7 Å². The minimum Gasteiger partial charge on any atom is -0.487 e. The smallest absolute Gasteiger partial charge is 0.263 e. The number of fused-ring (bicyclic) bond motifs is 2. The Morgan fingerprint density at radius 3 is 2.56 bits per heavy atom. The average molecular weight is 459 g/mol. The van der Waals surface area contributed by atoms with Crippen LogP contribution in [0.25, 0.3) is 0 Å². The highest BCUT2D eigenvalue weighted by atomic mass is 32.2. The summed E-state index contributed by atoms with van der Waals surface area (Å²) in [5.74, 6) is 0.829. The number of hydrogen-bond acceptors (Lipinski definition) is 5. The van der Waals surface area contributed by atoms with Crippen LogP contribution in [0.4, 0.5) is 5.69 Å². The Kier molecular flexibility index (Phi) is 5.83. The fraction of sp³-hybridized carbons (Fsp3) is 0.458. The lowest BCUT2D eigenvalue weighted by Crippen LogP contribution is -2.52. The van der Waals surface area contributed by atoms with Crippen molar-refractivity contribution in [2.24, 2.45) is 0 Å². The van der Waals surface area contributed by atoms with Crippen LogP contribution in [0.1, 0.15) is 50.3 Å². The Labute approximate surface area is 189 Å². The molecular weight excluding hydrogens is 428 g/mol. The van der Waals surface area contributed by atoms with Crippen molar-refractivity contribution in [3.63, 3.8) is 0 Å². The van der Waals surface area contributed by atoms with Gasteiger partial charge in [-0.2, -0.15) is 0 Å². The summed E-state index contributed by atoms with van der Waals surface area (Å²) in [4.78, 5) is 13.3. The van der Waals surface area contributed by atoms with E-state index in [1.54, 1.807) is 12.1 Å². The topological polar surface area (TPSA) is 84.9 Å². The summed E-state index contributed by atoms with van der Waals surface area (Å²) in [6.45, 7) is 6.00. The number of para-hydroxylation sites is 1. The van der Waals surface area contributed by atoms with Crippen LogP contribution in [0, 0.1) is 6.92 Å². The molecule has 0 bridgehead atoms. The molecule has 4 rings (SSSR count). The molecule has 2 aromatic rings. The van der Waals surface area contributed by atoms with Crippen molar-refractivity contribution in [3.05, 3.63) is 53.6 Å². The van der Waals surface area contributed by atoms with Crippen LogP contribution in [0.2, 0.25) is 0 Å². The van der Waals surface area contributed by atoms with Gasteiger partial charge in [0, 0.05) is 12.0 Å². The van der Waals surface area contributed by atoms with Crippen molar-refractivity contribution in [1.82, 2.24) is 5.32 Å². The van der Waals surface area contributed by atoms with Gasteiger partial charge in [-0.3, -0.25) is 9.10 Å². The maximum absolute atomic E-state index is 13.3. The zero-order valence-corrected chi connectivity index (χ0v) is 19.7. The molecule has 2 aliphatic rings. The van der Waals surface area contributed by atoms with E-state index in [9.17, 15) is 13.2 Å². The van der Waals surface area contributed by atoms with E-state index < -0.39 is 16.1 Å². The summed E-state index contributed by atoms with van der Waals surface area (Å²) < 4.78 is 38.4. The van der Waals surface area contributed by atoms with Crippen LogP contribution < -0.4 is 19.1 Å². The van der Waals surface area contributed by atoms with Gasteiger partial charge in [0.1, 0.15) is 17.1 Å². The van der Waals surface area contributed by atoms with Gasteiger partial charge in [-0.1, -0.05) is 38.1 Å². The molecule has 172 valence electrons. The van der Waals surface area contributed by atoms with Crippen molar-refractivity contribution >= 4 is 21.6 Å². The van der Waals surface area contributed by atoms with Crippen molar-refractivity contribution in [1.29, 1.82) is 0 Å². The zero-order chi connectivity index (χ0) is 23.1. The Balaban J connectivity index is 1.62. The Morgan fingerprint density at radius 1 is 1.16 bits per heavy atom. The standard InChI is InChI=1S/C24H30N2O5S/c1-5-24(6-2)14-18(17-9-7-8-10-20(17)31-24)25-23(27)22-15-26(32(4,28)29)19-12-11-16(3)13-21(19)30-22/h7-13,18,22H,5-6,14-15H2,1-4H3,(H,25,27)/t18-,22-/m0/s1. The van der Waals surface area contributed by atoms with Crippen molar-refractivity contribution in [2.45, 2.75) is 57.8 Å². The summed E-state index contributed by atoms with van der Waals surface area (Å²) >= 11 is 0. The monoisotopic (exact) mass is 458 g/mol. The number of nitrogens with one attached hydrogen (secondary N) is 1. The molecule has 0 unspecified atom stereocenters. The summed E-state index contributed by atoms with van der Waals surface area (Å²) in [6.07, 6.45) is 2.47. The van der Waals surface area contributed by atoms with E-state index in [2.05, 4.69) is 19.2 Å². The highest BCUT2D eigenvalue weighted by Crippen LogP contribution is 2.43. The third kappa shape index (κ3) is 4.16. The molecule has 7 nitrogen and oxygen atoms in total. The molecule has 0 radical (unpaired) electrons. The molecule has 8 heteroatoms. The van der Waals surface area contributed by atoms with Crippen LogP contribution in [0.3, 0.4) is 0 Å². The molecule has 1 amide bonds. The molecule has 2 aliphatic heterocycles. The number of ether oxygens (including phenoxy) is 2. The van der Waals surface area contributed by atoms with E-state index in [4.69, 9.17) is 9.47 Å². The second-order valence-electron chi connectivity index (χ2n) is 8.67. The number of aryl methyl sites for hydroxylation is 1. The number of hydrogen-bond donors (Lipinski definition) is 1. The lowest BCUT2D eigenvalue weighted by molar-refractivity contribution is -0.129. The first kappa shape index (κ1) is 22.5. The Morgan fingerprint density at radius 2 is 1.88 bits per heavy atom. The molecule has 0 aliphatic carbocycles. The van der Waals surface area contributed by atoms with Crippen molar-refractivity contribution in [3.8, 4) is 11.5 Å². The van der Waals surface area contributed by atoms with Crippen LogP contribution >= 0.6 is 0 Å². The fourth-order valence-electron chi connectivity index (χ4n) is 4.51. The number of sulfonamides is 1. The van der Waals surface area contributed by atoms with Gasteiger partial charge in [-0.25, -0.2) is 8.42 Å². The van der Waals surface area contributed by atoms with Gasteiger partial charge >= 0.3 is 0 Å². The quantitative estimate of drug-likeness (QED) is 0.738. The van der Waals surface area contributed by atoms with E-state index >= 15 is 0 Å². The highest BCUT2D eigenvalue weighted by Gasteiger charge is 2.41.